The molecule has 0 N–H and O–H groups in total. The topological polar surface area (TPSA) is 0 Å². The summed E-state index contributed by atoms with van der Waals surface area (Å²) in [6.45, 7) is 6.21. The van der Waals surface area contributed by atoms with Crippen LogP contribution in [-0.4, -0.2) is 0 Å². The van der Waals surface area contributed by atoms with Gasteiger partial charge in [0.15, 0.2) is 0 Å². The molecule has 2 aromatic carbocycles. The zero-order valence-electron chi connectivity index (χ0n) is 10.8. The molecule has 0 radical (unpaired) electrons. The predicted molar refractivity (Wildman–Crippen MR) is 79.8 cm³/mol. The molecule has 2 rings (SSSR count). The number of benzene rings is 2. The van der Waals surface area contributed by atoms with Crippen LogP contribution in [0.15, 0.2) is 36.4 Å². The summed E-state index contributed by atoms with van der Waals surface area (Å²) in [6.07, 6.45) is 0. The highest BCUT2D eigenvalue weighted by Crippen LogP contribution is 2.33. The fraction of sp³-hybridized carbons (Fsp3) is 0.250. The molecule has 0 fully saturated rings. The van der Waals surface area contributed by atoms with E-state index in [1.807, 2.05) is 19.1 Å². The molecule has 0 aliphatic heterocycles. The average molecular weight is 279 g/mol. The van der Waals surface area contributed by atoms with E-state index in [1.165, 1.54) is 11.1 Å². The van der Waals surface area contributed by atoms with Gasteiger partial charge in [-0.3, -0.25) is 0 Å². The van der Waals surface area contributed by atoms with Crippen LogP contribution in [0.1, 0.15) is 33.2 Å². The third-order valence-electron chi connectivity index (χ3n) is 3.06. The van der Waals surface area contributed by atoms with Crippen LogP contribution < -0.4 is 0 Å². The molecular formula is C16H16Cl2. The highest BCUT2D eigenvalue weighted by Gasteiger charge is 2.14. The minimum Gasteiger partial charge on any atom is -0.113 e. The molecule has 0 amide bonds. The zero-order valence-corrected chi connectivity index (χ0v) is 12.3. The van der Waals surface area contributed by atoms with Crippen LogP contribution in [0, 0.1) is 20.8 Å². The van der Waals surface area contributed by atoms with Gasteiger partial charge >= 0.3 is 0 Å². The first-order valence-electron chi connectivity index (χ1n) is 5.95. The molecule has 0 nitrogen and oxygen atoms in total. The summed E-state index contributed by atoms with van der Waals surface area (Å²) in [7, 11) is 0. The van der Waals surface area contributed by atoms with Crippen LogP contribution in [0.3, 0.4) is 0 Å². The van der Waals surface area contributed by atoms with Gasteiger partial charge in [0.1, 0.15) is 0 Å². The maximum absolute atomic E-state index is 6.57. The Morgan fingerprint density at radius 1 is 0.889 bits per heavy atom. The lowest BCUT2D eigenvalue weighted by Gasteiger charge is -2.15. The first kappa shape index (κ1) is 13.5. The Hall–Kier alpha value is -0.980. The second-order valence-electron chi connectivity index (χ2n) is 4.78. The third-order valence-corrected chi connectivity index (χ3v) is 3.76. The minimum atomic E-state index is -0.150. The van der Waals surface area contributed by atoms with Crippen LogP contribution >= 0.6 is 23.2 Å². The zero-order chi connectivity index (χ0) is 13.3. The Morgan fingerprint density at radius 3 is 2.22 bits per heavy atom. The molecule has 1 unspecified atom stereocenters. The summed E-state index contributed by atoms with van der Waals surface area (Å²) in [5.41, 5.74) is 5.79. The Bertz CT molecular complexity index is 553. The predicted octanol–water partition coefficient (Wildman–Crippen LogP) is 5.59. The summed E-state index contributed by atoms with van der Waals surface area (Å²) in [6, 6.07) is 12.3. The summed E-state index contributed by atoms with van der Waals surface area (Å²) >= 11 is 12.7. The van der Waals surface area contributed by atoms with E-state index in [1.54, 1.807) is 0 Å². The van der Waals surface area contributed by atoms with Gasteiger partial charge in [-0.2, -0.15) is 0 Å². The molecule has 0 aliphatic rings. The monoisotopic (exact) mass is 278 g/mol. The Balaban J connectivity index is 2.44. The summed E-state index contributed by atoms with van der Waals surface area (Å²) in [5.74, 6) is 0. The average Bonchev–Trinajstić information content (AvgIpc) is 2.26. The van der Waals surface area contributed by atoms with E-state index < -0.39 is 0 Å². The van der Waals surface area contributed by atoms with Crippen molar-refractivity contribution in [3.8, 4) is 0 Å². The molecule has 94 valence electrons. The van der Waals surface area contributed by atoms with Crippen LogP contribution in [0.25, 0.3) is 0 Å². The first-order valence-corrected chi connectivity index (χ1v) is 6.77. The van der Waals surface area contributed by atoms with Crippen LogP contribution in [-0.2, 0) is 0 Å². The van der Waals surface area contributed by atoms with Crippen molar-refractivity contribution in [1.29, 1.82) is 0 Å². The number of rotatable bonds is 2. The van der Waals surface area contributed by atoms with Gasteiger partial charge in [0.2, 0.25) is 0 Å². The molecule has 0 spiro atoms. The summed E-state index contributed by atoms with van der Waals surface area (Å²) in [5, 5.41) is 0.586. The van der Waals surface area contributed by atoms with E-state index in [2.05, 4.69) is 38.1 Å². The summed E-state index contributed by atoms with van der Waals surface area (Å²) < 4.78 is 0. The molecule has 0 bridgehead atoms. The maximum atomic E-state index is 6.57. The Morgan fingerprint density at radius 2 is 1.61 bits per heavy atom. The number of halogens is 2. The maximum Gasteiger partial charge on any atom is 0.0838 e. The number of hydrogen-bond acceptors (Lipinski definition) is 0. The Labute approximate surface area is 119 Å². The van der Waals surface area contributed by atoms with Crippen molar-refractivity contribution < 1.29 is 0 Å². The summed E-state index contributed by atoms with van der Waals surface area (Å²) in [4.78, 5) is 0. The van der Waals surface area contributed by atoms with Gasteiger partial charge in [-0.15, -0.1) is 11.6 Å². The van der Waals surface area contributed by atoms with E-state index in [4.69, 9.17) is 23.2 Å². The lowest BCUT2D eigenvalue weighted by Crippen LogP contribution is -1.97. The smallest absolute Gasteiger partial charge is 0.0838 e. The van der Waals surface area contributed by atoms with Gasteiger partial charge in [0.05, 0.1) is 5.38 Å². The van der Waals surface area contributed by atoms with Crippen LogP contribution in [0.2, 0.25) is 5.02 Å². The van der Waals surface area contributed by atoms with Crippen molar-refractivity contribution in [2.45, 2.75) is 26.1 Å². The molecule has 0 heterocycles. The molecule has 1 atom stereocenters. The quantitative estimate of drug-likeness (QED) is 0.628. The highest BCUT2D eigenvalue weighted by molar-refractivity contribution is 6.31. The molecule has 0 saturated carbocycles. The van der Waals surface area contributed by atoms with Gasteiger partial charge in [-0.25, -0.2) is 0 Å². The van der Waals surface area contributed by atoms with Crippen LogP contribution in [0.4, 0.5) is 0 Å². The first-order chi connectivity index (χ1) is 8.47. The van der Waals surface area contributed by atoms with Gasteiger partial charge in [0.25, 0.3) is 0 Å². The molecule has 2 heteroatoms. The van der Waals surface area contributed by atoms with E-state index in [0.717, 1.165) is 21.7 Å². The van der Waals surface area contributed by atoms with E-state index in [-0.39, 0.29) is 5.38 Å². The molecule has 0 aliphatic carbocycles. The SMILES string of the molecule is Cc1cc(Cl)cc(C(Cl)c2ccc(C)cc2C)c1. The fourth-order valence-corrected chi connectivity index (χ4v) is 2.87. The normalized spacial score (nSPS) is 12.5. The van der Waals surface area contributed by atoms with Crippen molar-refractivity contribution in [3.05, 3.63) is 69.2 Å². The van der Waals surface area contributed by atoms with Gasteiger partial charge in [0, 0.05) is 5.02 Å². The second-order valence-corrected chi connectivity index (χ2v) is 5.66. The van der Waals surface area contributed by atoms with Crippen LogP contribution in [0.5, 0.6) is 0 Å². The fourth-order valence-electron chi connectivity index (χ4n) is 2.20. The van der Waals surface area contributed by atoms with E-state index in [0.29, 0.717) is 0 Å². The largest absolute Gasteiger partial charge is 0.113 e. The molecule has 18 heavy (non-hydrogen) atoms. The van der Waals surface area contributed by atoms with E-state index in [9.17, 15) is 0 Å². The molecule has 0 aromatic heterocycles. The number of aryl methyl sites for hydroxylation is 3. The van der Waals surface area contributed by atoms with Crippen molar-refractivity contribution in [2.75, 3.05) is 0 Å². The van der Waals surface area contributed by atoms with Crippen molar-refractivity contribution in [1.82, 2.24) is 0 Å². The molecule has 0 saturated heterocycles. The second kappa shape index (κ2) is 5.34. The van der Waals surface area contributed by atoms with Crippen molar-refractivity contribution >= 4 is 23.2 Å². The molecule has 2 aromatic rings. The number of hydrogen-bond donors (Lipinski definition) is 0. The van der Waals surface area contributed by atoms with Gasteiger partial charge in [-0.05, 0) is 55.2 Å². The standard InChI is InChI=1S/C16H16Cl2/c1-10-4-5-15(12(3)6-10)16(18)13-7-11(2)8-14(17)9-13/h4-9,16H,1-3H3. The Kier molecular flexibility index (Phi) is 3.99. The molecular weight excluding hydrogens is 263 g/mol. The third kappa shape index (κ3) is 2.88. The minimum absolute atomic E-state index is 0.150. The lowest BCUT2D eigenvalue weighted by atomic mass is 9.97. The highest BCUT2D eigenvalue weighted by atomic mass is 35.5. The lowest BCUT2D eigenvalue weighted by molar-refractivity contribution is 1.10. The van der Waals surface area contributed by atoms with Gasteiger partial charge < -0.3 is 0 Å². The van der Waals surface area contributed by atoms with Crippen molar-refractivity contribution in [2.24, 2.45) is 0 Å². The van der Waals surface area contributed by atoms with Crippen molar-refractivity contribution in [3.63, 3.8) is 0 Å². The van der Waals surface area contributed by atoms with E-state index >= 15 is 0 Å². The number of alkyl halides is 1. The van der Waals surface area contributed by atoms with Gasteiger partial charge in [-0.1, -0.05) is 41.4 Å².